The van der Waals surface area contributed by atoms with Gasteiger partial charge in [-0.25, -0.2) is 13.4 Å². The summed E-state index contributed by atoms with van der Waals surface area (Å²) in [5.74, 6) is -0.202. The first-order chi connectivity index (χ1) is 8.41. The molecule has 100 valence electrons. The molecule has 0 bridgehead atoms. The van der Waals surface area contributed by atoms with Crippen molar-refractivity contribution >= 4 is 38.9 Å². The van der Waals surface area contributed by atoms with Crippen LogP contribution in [0.1, 0.15) is 6.42 Å². The van der Waals surface area contributed by atoms with Gasteiger partial charge >= 0.3 is 0 Å². The lowest BCUT2D eigenvalue weighted by molar-refractivity contribution is -0.129. The molecule has 1 aliphatic heterocycles. The smallest absolute Gasteiger partial charge is 0.254 e. The maximum absolute atomic E-state index is 12.3. The minimum atomic E-state index is -3.66. The third-order valence-corrected chi connectivity index (χ3v) is 6.09. The number of rotatable bonds is 2. The van der Waals surface area contributed by atoms with Gasteiger partial charge in [0.05, 0.1) is 12.7 Å². The zero-order valence-corrected chi connectivity index (χ0v) is 12.1. The Morgan fingerprint density at radius 3 is 2.78 bits per heavy atom. The van der Waals surface area contributed by atoms with Gasteiger partial charge in [-0.2, -0.15) is 4.31 Å². The predicted molar refractivity (Wildman–Crippen MR) is 68.1 cm³/mol. The number of likely N-dealkylation sites (N-methyl/N-ethyl adjacent to an activating group) is 1. The second-order valence-electron chi connectivity index (χ2n) is 3.94. The summed E-state index contributed by atoms with van der Waals surface area (Å²) >= 11 is 6.54. The molecule has 1 saturated heterocycles. The molecule has 0 N–H and O–H groups in total. The number of nitrogens with zero attached hydrogens (tertiary/aromatic N) is 3. The lowest BCUT2D eigenvalue weighted by Crippen LogP contribution is -2.37. The molecular formula is C9H12ClN3O3S2. The number of carbonyl (C=O) groups is 1. The van der Waals surface area contributed by atoms with Crippen molar-refractivity contribution in [2.75, 3.05) is 26.7 Å². The number of halogens is 1. The molecule has 0 aliphatic carbocycles. The summed E-state index contributed by atoms with van der Waals surface area (Å²) in [4.78, 5) is 16.9. The molecule has 0 radical (unpaired) electrons. The summed E-state index contributed by atoms with van der Waals surface area (Å²) in [5, 5.41) is 0. The first kappa shape index (κ1) is 13.7. The molecule has 0 saturated carbocycles. The van der Waals surface area contributed by atoms with E-state index in [0.29, 0.717) is 19.5 Å². The molecule has 2 heterocycles. The van der Waals surface area contributed by atoms with Crippen molar-refractivity contribution in [1.82, 2.24) is 14.2 Å². The number of hydrogen-bond donors (Lipinski definition) is 0. The first-order valence-electron chi connectivity index (χ1n) is 5.26. The fourth-order valence-corrected chi connectivity index (χ4v) is 4.53. The van der Waals surface area contributed by atoms with Crippen molar-refractivity contribution in [3.8, 4) is 0 Å². The molecule has 1 amide bonds. The molecule has 2 rings (SSSR count). The van der Waals surface area contributed by atoms with Gasteiger partial charge in [0.25, 0.3) is 10.0 Å². The van der Waals surface area contributed by atoms with Gasteiger partial charge in [0.15, 0.2) is 8.68 Å². The summed E-state index contributed by atoms with van der Waals surface area (Å²) in [7, 11) is -1.99. The normalized spacial score (nSPS) is 19.0. The standard InChI is InChI=1S/C9H12ClN3O3S2/c1-12-3-2-4-13(6-7(12)14)18(15,16)8-5-11-9(10)17-8/h5H,2-4,6H2,1H3. The fourth-order valence-electron chi connectivity index (χ4n) is 1.65. The lowest BCUT2D eigenvalue weighted by Gasteiger charge is -2.18. The number of sulfonamides is 1. The van der Waals surface area contributed by atoms with Gasteiger partial charge in [0, 0.05) is 20.1 Å². The fraction of sp³-hybridized carbons (Fsp3) is 0.556. The highest BCUT2D eigenvalue weighted by Crippen LogP contribution is 2.26. The number of carbonyl (C=O) groups excluding carboxylic acids is 1. The van der Waals surface area contributed by atoms with E-state index in [1.54, 1.807) is 7.05 Å². The average Bonchev–Trinajstić information content (AvgIpc) is 2.67. The molecular weight excluding hydrogens is 298 g/mol. The van der Waals surface area contributed by atoms with E-state index in [9.17, 15) is 13.2 Å². The quantitative estimate of drug-likeness (QED) is 0.804. The van der Waals surface area contributed by atoms with Crippen LogP contribution in [0.25, 0.3) is 0 Å². The van der Waals surface area contributed by atoms with Crippen LogP contribution >= 0.6 is 22.9 Å². The molecule has 0 spiro atoms. The first-order valence-corrected chi connectivity index (χ1v) is 7.90. The Labute approximate surface area is 114 Å². The third-order valence-electron chi connectivity index (χ3n) is 2.69. The average molecular weight is 310 g/mol. The number of aromatic nitrogens is 1. The minimum Gasteiger partial charge on any atom is -0.345 e. The monoisotopic (exact) mass is 309 g/mol. The van der Waals surface area contributed by atoms with Gasteiger partial charge in [0.2, 0.25) is 5.91 Å². The van der Waals surface area contributed by atoms with E-state index in [0.717, 1.165) is 11.3 Å². The van der Waals surface area contributed by atoms with Gasteiger partial charge in [-0.1, -0.05) is 22.9 Å². The maximum atomic E-state index is 12.3. The molecule has 1 aliphatic rings. The van der Waals surface area contributed by atoms with Crippen molar-refractivity contribution in [2.24, 2.45) is 0 Å². The van der Waals surface area contributed by atoms with Crippen molar-refractivity contribution in [2.45, 2.75) is 10.6 Å². The number of thiazole rings is 1. The minimum absolute atomic E-state index is 0.0739. The Morgan fingerprint density at radius 1 is 1.44 bits per heavy atom. The lowest BCUT2D eigenvalue weighted by atomic mass is 10.4. The second kappa shape index (κ2) is 5.12. The summed E-state index contributed by atoms with van der Waals surface area (Å²) in [6.45, 7) is 0.761. The summed E-state index contributed by atoms with van der Waals surface area (Å²) in [5.41, 5.74) is 0. The van der Waals surface area contributed by atoms with E-state index in [1.165, 1.54) is 15.4 Å². The van der Waals surface area contributed by atoms with Crippen LogP contribution in [0.3, 0.4) is 0 Å². The van der Waals surface area contributed by atoms with E-state index in [1.807, 2.05) is 0 Å². The molecule has 1 aromatic heterocycles. The number of amides is 1. The van der Waals surface area contributed by atoms with E-state index in [-0.39, 0.29) is 21.1 Å². The molecule has 0 aromatic carbocycles. The van der Waals surface area contributed by atoms with Crippen molar-refractivity contribution in [1.29, 1.82) is 0 Å². The Hall–Kier alpha value is -0.700. The van der Waals surface area contributed by atoms with Crippen LogP contribution in [0.15, 0.2) is 10.4 Å². The Balaban J connectivity index is 2.27. The van der Waals surface area contributed by atoms with Crippen molar-refractivity contribution in [3.05, 3.63) is 10.7 Å². The zero-order valence-electron chi connectivity index (χ0n) is 9.67. The highest BCUT2D eigenvalue weighted by atomic mass is 35.5. The van der Waals surface area contributed by atoms with Gasteiger partial charge in [-0.05, 0) is 6.42 Å². The van der Waals surface area contributed by atoms with Crippen LogP contribution in [0.2, 0.25) is 4.47 Å². The Bertz CT molecular complexity index is 557. The van der Waals surface area contributed by atoms with E-state index >= 15 is 0 Å². The molecule has 0 unspecified atom stereocenters. The van der Waals surface area contributed by atoms with Gasteiger partial charge in [-0.3, -0.25) is 4.79 Å². The van der Waals surface area contributed by atoms with E-state index in [4.69, 9.17) is 11.6 Å². The van der Waals surface area contributed by atoms with Crippen LogP contribution in [-0.4, -0.2) is 55.2 Å². The van der Waals surface area contributed by atoms with Crippen LogP contribution in [-0.2, 0) is 14.8 Å². The van der Waals surface area contributed by atoms with E-state index in [2.05, 4.69) is 4.98 Å². The summed E-state index contributed by atoms with van der Waals surface area (Å²) in [6.07, 6.45) is 1.84. The van der Waals surface area contributed by atoms with Crippen LogP contribution in [0, 0.1) is 0 Å². The SMILES string of the molecule is CN1CCCN(S(=O)(=O)c2cnc(Cl)s2)CC1=O. The maximum Gasteiger partial charge on any atom is 0.254 e. The molecule has 1 aromatic rings. The largest absolute Gasteiger partial charge is 0.345 e. The topological polar surface area (TPSA) is 70.6 Å². The van der Waals surface area contributed by atoms with Gasteiger partial charge < -0.3 is 4.90 Å². The molecule has 6 nitrogen and oxygen atoms in total. The summed E-state index contributed by atoms with van der Waals surface area (Å²) in [6, 6.07) is 0. The third kappa shape index (κ3) is 2.66. The Kier molecular flexibility index (Phi) is 3.90. The Morgan fingerprint density at radius 2 is 2.17 bits per heavy atom. The van der Waals surface area contributed by atoms with Crippen LogP contribution in [0.4, 0.5) is 0 Å². The molecule has 0 atom stereocenters. The molecule has 18 heavy (non-hydrogen) atoms. The zero-order chi connectivity index (χ0) is 13.3. The second-order valence-corrected chi connectivity index (χ2v) is 7.72. The van der Waals surface area contributed by atoms with Gasteiger partial charge in [-0.15, -0.1) is 0 Å². The summed E-state index contributed by atoms with van der Waals surface area (Å²) < 4.78 is 26.0. The highest BCUT2D eigenvalue weighted by Gasteiger charge is 2.31. The van der Waals surface area contributed by atoms with E-state index < -0.39 is 10.0 Å². The molecule has 9 heteroatoms. The predicted octanol–water partition coefficient (Wildman–Crippen LogP) is 0.649. The highest BCUT2D eigenvalue weighted by molar-refractivity contribution is 7.91. The van der Waals surface area contributed by atoms with Gasteiger partial charge in [0.1, 0.15) is 0 Å². The molecule has 1 fully saturated rings. The number of hydrogen-bond acceptors (Lipinski definition) is 5. The van der Waals surface area contributed by atoms with Crippen molar-refractivity contribution in [3.63, 3.8) is 0 Å². The van der Waals surface area contributed by atoms with Crippen LogP contribution < -0.4 is 0 Å². The van der Waals surface area contributed by atoms with Crippen molar-refractivity contribution < 1.29 is 13.2 Å². The van der Waals surface area contributed by atoms with Crippen LogP contribution in [0.5, 0.6) is 0 Å².